The van der Waals surface area contributed by atoms with E-state index in [0.717, 1.165) is 13.1 Å². The molecule has 0 aliphatic heterocycles. The molecule has 1 nitrogen and oxygen atoms in total. The average molecular weight is 229 g/mol. The summed E-state index contributed by atoms with van der Waals surface area (Å²) in [6, 6.07) is 4.35. The van der Waals surface area contributed by atoms with Gasteiger partial charge in [0, 0.05) is 16.3 Å². The zero-order valence-electron chi connectivity index (χ0n) is 9.77. The van der Waals surface area contributed by atoms with Crippen molar-refractivity contribution < 1.29 is 4.39 Å². The van der Waals surface area contributed by atoms with E-state index in [4.69, 9.17) is 0 Å². The maximum atomic E-state index is 11.8. The predicted octanol–water partition coefficient (Wildman–Crippen LogP) is 3.49. The lowest BCUT2D eigenvalue weighted by Crippen LogP contribution is -2.14. The topological polar surface area (TPSA) is 12.0 Å². The Balaban J connectivity index is 2.40. The summed E-state index contributed by atoms with van der Waals surface area (Å²) in [6.45, 7) is 8.06. The highest BCUT2D eigenvalue weighted by Gasteiger charge is 2.15. The van der Waals surface area contributed by atoms with Crippen LogP contribution in [0.1, 0.15) is 36.9 Å². The minimum absolute atomic E-state index is 0.231. The van der Waals surface area contributed by atoms with Crippen LogP contribution in [-0.4, -0.2) is 13.2 Å². The van der Waals surface area contributed by atoms with Gasteiger partial charge in [-0.1, -0.05) is 20.8 Å². The van der Waals surface area contributed by atoms with Crippen molar-refractivity contribution in [2.75, 3.05) is 13.2 Å². The first kappa shape index (κ1) is 12.7. The Bertz CT molecular complexity index is 288. The fourth-order valence-corrected chi connectivity index (χ4v) is 2.31. The molecule has 0 aliphatic carbocycles. The van der Waals surface area contributed by atoms with Crippen LogP contribution in [-0.2, 0) is 12.0 Å². The number of hydrogen-bond acceptors (Lipinski definition) is 2. The van der Waals surface area contributed by atoms with Crippen molar-refractivity contribution in [2.24, 2.45) is 0 Å². The molecule has 0 aliphatic rings. The first-order valence-electron chi connectivity index (χ1n) is 5.40. The molecule has 15 heavy (non-hydrogen) atoms. The van der Waals surface area contributed by atoms with Crippen molar-refractivity contribution in [1.82, 2.24) is 5.32 Å². The Morgan fingerprint density at radius 3 is 2.60 bits per heavy atom. The van der Waals surface area contributed by atoms with Gasteiger partial charge in [-0.25, -0.2) is 0 Å². The third kappa shape index (κ3) is 4.31. The molecule has 0 amide bonds. The van der Waals surface area contributed by atoms with Crippen molar-refractivity contribution in [3.63, 3.8) is 0 Å². The van der Waals surface area contributed by atoms with Crippen molar-refractivity contribution in [1.29, 1.82) is 0 Å². The van der Waals surface area contributed by atoms with E-state index in [-0.39, 0.29) is 12.1 Å². The Kier molecular flexibility index (Phi) is 4.74. The fraction of sp³-hybridized carbons (Fsp3) is 0.667. The van der Waals surface area contributed by atoms with E-state index in [1.54, 1.807) is 0 Å². The number of hydrogen-bond donors (Lipinski definition) is 1. The Hall–Kier alpha value is -0.410. The van der Waals surface area contributed by atoms with Gasteiger partial charge in [-0.2, -0.15) is 0 Å². The van der Waals surface area contributed by atoms with E-state index in [1.165, 1.54) is 9.75 Å². The quantitative estimate of drug-likeness (QED) is 0.762. The maximum Gasteiger partial charge on any atom is 0.0906 e. The number of rotatable bonds is 5. The van der Waals surface area contributed by atoms with E-state index >= 15 is 0 Å². The molecular weight excluding hydrogens is 209 g/mol. The summed E-state index contributed by atoms with van der Waals surface area (Å²) in [5.74, 6) is 0. The molecule has 3 heteroatoms. The molecule has 1 rings (SSSR count). The summed E-state index contributed by atoms with van der Waals surface area (Å²) < 4.78 is 11.8. The highest BCUT2D eigenvalue weighted by Crippen LogP contribution is 2.29. The molecule has 0 fully saturated rings. The summed E-state index contributed by atoms with van der Waals surface area (Å²) in [4.78, 5) is 2.74. The molecule has 0 radical (unpaired) electrons. The summed E-state index contributed by atoms with van der Waals surface area (Å²) in [6.07, 6.45) is 0.609. The lowest BCUT2D eigenvalue weighted by atomic mass is 9.95. The van der Waals surface area contributed by atoms with Crippen LogP contribution in [0, 0.1) is 0 Å². The lowest BCUT2D eigenvalue weighted by molar-refractivity contribution is 0.459. The predicted molar refractivity (Wildman–Crippen MR) is 65.3 cm³/mol. The number of halogens is 1. The molecule has 1 heterocycles. The molecule has 0 spiro atoms. The summed E-state index contributed by atoms with van der Waals surface area (Å²) in [7, 11) is 0. The molecule has 0 bridgehead atoms. The van der Waals surface area contributed by atoms with Gasteiger partial charge >= 0.3 is 0 Å². The van der Waals surface area contributed by atoms with Gasteiger partial charge in [0.2, 0.25) is 0 Å². The Morgan fingerprint density at radius 2 is 2.07 bits per heavy atom. The van der Waals surface area contributed by atoms with Crippen molar-refractivity contribution in [3.05, 3.63) is 21.9 Å². The minimum Gasteiger partial charge on any atom is -0.312 e. The zero-order valence-corrected chi connectivity index (χ0v) is 10.6. The van der Waals surface area contributed by atoms with Gasteiger partial charge in [-0.15, -0.1) is 11.3 Å². The zero-order chi connectivity index (χ0) is 11.3. The van der Waals surface area contributed by atoms with Gasteiger partial charge in [-0.05, 0) is 30.5 Å². The summed E-state index contributed by atoms with van der Waals surface area (Å²) >= 11 is 1.84. The second kappa shape index (κ2) is 5.61. The fourth-order valence-electron chi connectivity index (χ4n) is 1.28. The largest absolute Gasteiger partial charge is 0.312 e. The van der Waals surface area contributed by atoms with Crippen LogP contribution in [0.15, 0.2) is 12.1 Å². The van der Waals surface area contributed by atoms with Gasteiger partial charge in [0.15, 0.2) is 0 Å². The molecule has 0 atom stereocenters. The normalized spacial score (nSPS) is 12.0. The SMILES string of the molecule is CC(C)(C)c1ccc(CNCCCF)s1. The lowest BCUT2D eigenvalue weighted by Gasteiger charge is -2.15. The number of nitrogens with one attached hydrogen (secondary N) is 1. The number of alkyl halides is 1. The van der Waals surface area contributed by atoms with Crippen LogP contribution in [0.4, 0.5) is 4.39 Å². The Morgan fingerprint density at radius 1 is 1.33 bits per heavy atom. The molecule has 0 saturated carbocycles. The molecule has 86 valence electrons. The maximum absolute atomic E-state index is 11.8. The van der Waals surface area contributed by atoms with Crippen LogP contribution in [0.25, 0.3) is 0 Å². The van der Waals surface area contributed by atoms with E-state index in [0.29, 0.717) is 6.42 Å². The molecule has 0 saturated heterocycles. The van der Waals surface area contributed by atoms with Crippen LogP contribution in [0.5, 0.6) is 0 Å². The minimum atomic E-state index is -0.231. The third-order valence-electron chi connectivity index (χ3n) is 2.19. The van der Waals surface area contributed by atoms with Gasteiger partial charge in [-0.3, -0.25) is 4.39 Å². The third-order valence-corrected chi connectivity index (χ3v) is 3.70. The first-order valence-corrected chi connectivity index (χ1v) is 6.21. The van der Waals surface area contributed by atoms with Crippen molar-refractivity contribution >= 4 is 11.3 Å². The Labute approximate surface area is 95.7 Å². The molecular formula is C12H20FNS. The smallest absolute Gasteiger partial charge is 0.0906 e. The van der Waals surface area contributed by atoms with Crippen LogP contribution < -0.4 is 5.32 Å². The summed E-state index contributed by atoms with van der Waals surface area (Å²) in [5.41, 5.74) is 0.238. The van der Waals surface area contributed by atoms with Gasteiger partial charge < -0.3 is 5.32 Å². The van der Waals surface area contributed by atoms with Crippen molar-refractivity contribution in [3.8, 4) is 0 Å². The highest BCUT2D eigenvalue weighted by atomic mass is 32.1. The molecule has 1 aromatic heterocycles. The molecule has 0 unspecified atom stereocenters. The van der Waals surface area contributed by atoms with E-state index < -0.39 is 0 Å². The first-order chi connectivity index (χ1) is 7.04. The van der Waals surface area contributed by atoms with Crippen LogP contribution in [0.2, 0.25) is 0 Å². The van der Waals surface area contributed by atoms with Gasteiger partial charge in [0.05, 0.1) is 6.67 Å². The molecule has 1 N–H and O–H groups in total. The van der Waals surface area contributed by atoms with Gasteiger partial charge in [0.25, 0.3) is 0 Å². The van der Waals surface area contributed by atoms with E-state index in [9.17, 15) is 4.39 Å². The molecule has 1 aromatic rings. The van der Waals surface area contributed by atoms with Crippen LogP contribution in [0.3, 0.4) is 0 Å². The van der Waals surface area contributed by atoms with E-state index in [1.807, 2.05) is 11.3 Å². The van der Waals surface area contributed by atoms with E-state index in [2.05, 4.69) is 38.2 Å². The average Bonchev–Trinajstić information content (AvgIpc) is 2.60. The molecule has 0 aromatic carbocycles. The highest BCUT2D eigenvalue weighted by molar-refractivity contribution is 7.12. The second-order valence-corrected chi connectivity index (χ2v) is 5.90. The summed E-state index contributed by atoms with van der Waals surface area (Å²) in [5, 5.41) is 3.24. The van der Waals surface area contributed by atoms with Crippen LogP contribution >= 0.6 is 11.3 Å². The second-order valence-electron chi connectivity index (χ2n) is 4.74. The van der Waals surface area contributed by atoms with Gasteiger partial charge in [0.1, 0.15) is 0 Å². The standard InChI is InChI=1S/C12H20FNS/c1-12(2,3)11-6-5-10(15-11)9-14-8-4-7-13/h5-6,14H,4,7-9H2,1-3H3. The number of thiophene rings is 1. The van der Waals surface area contributed by atoms with Crippen molar-refractivity contribution in [2.45, 2.75) is 39.2 Å². The monoisotopic (exact) mass is 229 g/mol.